The van der Waals surface area contributed by atoms with Crippen LogP contribution in [-0.2, 0) is 9.53 Å². The number of carbonyl (C=O) groups is 2. The van der Waals surface area contributed by atoms with Crippen molar-refractivity contribution in [3.63, 3.8) is 0 Å². The predicted molar refractivity (Wildman–Crippen MR) is 97.7 cm³/mol. The monoisotopic (exact) mass is 385 g/mol. The number of hydrogen-bond acceptors (Lipinski definition) is 4. The average molecular weight is 386 g/mol. The van der Waals surface area contributed by atoms with Gasteiger partial charge in [0.1, 0.15) is 0 Å². The minimum Gasteiger partial charge on any atom is -0.436 e. The summed E-state index contributed by atoms with van der Waals surface area (Å²) in [5.41, 5.74) is 0.167. The van der Waals surface area contributed by atoms with Gasteiger partial charge in [0.2, 0.25) is 0 Å². The van der Waals surface area contributed by atoms with Gasteiger partial charge in [-0.05, 0) is 30.0 Å². The number of nitrogens with one attached hydrogen (secondary N) is 2. The molecule has 1 unspecified atom stereocenters. The van der Waals surface area contributed by atoms with Crippen LogP contribution in [0.5, 0.6) is 0 Å². The molecule has 0 aromatic heterocycles. The summed E-state index contributed by atoms with van der Waals surface area (Å²) < 4.78 is 5.27. The van der Waals surface area contributed by atoms with E-state index in [0.717, 1.165) is 0 Å². The molecule has 0 aliphatic heterocycles. The number of nitriles is 1. The molecular weight excluding hydrogens is 365 g/mol. The maximum atomic E-state index is 12.2. The van der Waals surface area contributed by atoms with Crippen LogP contribution >= 0.6 is 23.2 Å². The van der Waals surface area contributed by atoms with E-state index in [1.54, 1.807) is 12.1 Å². The molecule has 0 aliphatic rings. The average Bonchev–Trinajstić information content (AvgIpc) is 2.49. The number of rotatable bonds is 6. The second kappa shape index (κ2) is 9.50. The minimum atomic E-state index is -0.971. The van der Waals surface area contributed by atoms with E-state index in [9.17, 15) is 9.59 Å². The van der Waals surface area contributed by atoms with Crippen LogP contribution in [0.2, 0.25) is 10.0 Å². The first-order valence-electron chi connectivity index (χ1n) is 7.70. The Hall–Kier alpha value is -1.97. The summed E-state index contributed by atoms with van der Waals surface area (Å²) >= 11 is 11.7. The molecule has 136 valence electrons. The molecule has 0 saturated heterocycles. The zero-order valence-electron chi connectivity index (χ0n) is 14.4. The third-order valence-corrected chi connectivity index (χ3v) is 3.78. The van der Waals surface area contributed by atoms with Gasteiger partial charge in [-0.3, -0.25) is 10.1 Å². The van der Waals surface area contributed by atoms with Crippen LogP contribution in [0, 0.1) is 16.7 Å². The molecule has 0 radical (unpaired) electrons. The highest BCUT2D eigenvalue weighted by Gasteiger charge is 2.28. The van der Waals surface area contributed by atoms with Crippen molar-refractivity contribution in [1.82, 2.24) is 5.32 Å². The second-order valence-corrected chi connectivity index (χ2v) is 7.43. The van der Waals surface area contributed by atoms with Gasteiger partial charge in [0.05, 0.1) is 22.5 Å². The number of amides is 2. The first kappa shape index (κ1) is 21.1. The quantitative estimate of drug-likeness (QED) is 0.710. The van der Waals surface area contributed by atoms with Crippen molar-refractivity contribution < 1.29 is 14.3 Å². The zero-order valence-corrected chi connectivity index (χ0v) is 15.9. The Morgan fingerprint density at radius 3 is 2.52 bits per heavy atom. The van der Waals surface area contributed by atoms with Gasteiger partial charge in [-0.15, -0.1) is 0 Å². The molecule has 0 saturated carbocycles. The van der Waals surface area contributed by atoms with Crippen LogP contribution in [0.15, 0.2) is 18.2 Å². The highest BCUT2D eigenvalue weighted by Crippen LogP contribution is 2.26. The van der Waals surface area contributed by atoms with Crippen LogP contribution in [0.1, 0.15) is 33.6 Å². The molecule has 0 spiro atoms. The van der Waals surface area contributed by atoms with Crippen molar-refractivity contribution in [1.29, 1.82) is 5.26 Å². The van der Waals surface area contributed by atoms with E-state index < -0.39 is 18.1 Å². The highest BCUT2D eigenvalue weighted by atomic mass is 35.5. The van der Waals surface area contributed by atoms with Gasteiger partial charge in [-0.25, -0.2) is 4.79 Å². The van der Waals surface area contributed by atoms with Crippen molar-refractivity contribution in [2.45, 2.75) is 39.7 Å². The fourth-order valence-corrected chi connectivity index (χ4v) is 2.25. The molecule has 2 N–H and O–H groups in total. The molecule has 1 aromatic rings. The SMILES string of the molecule is CC(C)(C)CC(OC(=O)Nc1ccc(Cl)c(Cl)c1)C(=O)NCCC#N. The standard InChI is InChI=1S/C17H21Cl2N3O3/c1-17(2,3)10-14(15(23)21-8-4-7-20)25-16(24)22-11-5-6-12(18)13(19)9-11/h5-6,9,14H,4,8,10H2,1-3H3,(H,21,23)(H,22,24). The first-order valence-corrected chi connectivity index (χ1v) is 8.45. The van der Waals surface area contributed by atoms with Crippen molar-refractivity contribution in [3.8, 4) is 6.07 Å². The molecule has 1 rings (SSSR count). The van der Waals surface area contributed by atoms with E-state index in [4.69, 9.17) is 33.2 Å². The van der Waals surface area contributed by atoms with E-state index in [-0.39, 0.29) is 18.4 Å². The van der Waals surface area contributed by atoms with Crippen molar-refractivity contribution in [2.24, 2.45) is 5.41 Å². The van der Waals surface area contributed by atoms with E-state index in [2.05, 4.69) is 10.6 Å². The van der Waals surface area contributed by atoms with Crippen molar-refractivity contribution >= 4 is 40.9 Å². The summed E-state index contributed by atoms with van der Waals surface area (Å²) in [7, 11) is 0. The first-order chi connectivity index (χ1) is 11.6. The molecule has 6 nitrogen and oxygen atoms in total. The van der Waals surface area contributed by atoms with Gasteiger partial charge in [-0.2, -0.15) is 5.26 Å². The summed E-state index contributed by atoms with van der Waals surface area (Å²) in [5, 5.41) is 14.3. The fraction of sp³-hybridized carbons (Fsp3) is 0.471. The van der Waals surface area contributed by atoms with Gasteiger partial charge in [-0.1, -0.05) is 44.0 Å². The number of anilines is 1. The largest absolute Gasteiger partial charge is 0.436 e. The molecule has 0 heterocycles. The fourth-order valence-electron chi connectivity index (χ4n) is 1.95. The summed E-state index contributed by atoms with van der Waals surface area (Å²) in [6.07, 6.45) is -1.23. The van der Waals surface area contributed by atoms with Crippen molar-refractivity contribution in [3.05, 3.63) is 28.2 Å². The van der Waals surface area contributed by atoms with Gasteiger partial charge in [0, 0.05) is 12.2 Å². The van der Waals surface area contributed by atoms with Crippen LogP contribution in [0.4, 0.5) is 10.5 Å². The van der Waals surface area contributed by atoms with E-state index >= 15 is 0 Å². The van der Waals surface area contributed by atoms with E-state index in [1.165, 1.54) is 6.07 Å². The number of ether oxygens (including phenoxy) is 1. The molecule has 0 aliphatic carbocycles. The number of hydrogen-bond donors (Lipinski definition) is 2. The predicted octanol–water partition coefficient (Wildman–Crippen LogP) is 4.38. The van der Waals surface area contributed by atoms with Gasteiger partial charge >= 0.3 is 6.09 Å². The molecule has 2 amide bonds. The number of carbonyl (C=O) groups excluding carboxylic acids is 2. The lowest BCUT2D eigenvalue weighted by molar-refractivity contribution is -0.130. The molecule has 25 heavy (non-hydrogen) atoms. The molecule has 1 aromatic carbocycles. The Morgan fingerprint density at radius 1 is 1.28 bits per heavy atom. The van der Waals surface area contributed by atoms with Gasteiger partial charge in [0.15, 0.2) is 6.10 Å². The second-order valence-electron chi connectivity index (χ2n) is 6.61. The van der Waals surface area contributed by atoms with Crippen LogP contribution in [0.25, 0.3) is 0 Å². The lowest BCUT2D eigenvalue weighted by Crippen LogP contribution is -2.41. The Kier molecular flexibility index (Phi) is 8.01. The molecule has 8 heteroatoms. The van der Waals surface area contributed by atoms with Crippen LogP contribution < -0.4 is 10.6 Å². The zero-order chi connectivity index (χ0) is 19.0. The smallest absolute Gasteiger partial charge is 0.412 e. The Morgan fingerprint density at radius 2 is 1.96 bits per heavy atom. The Bertz CT molecular complexity index is 666. The maximum absolute atomic E-state index is 12.2. The molecule has 0 bridgehead atoms. The van der Waals surface area contributed by atoms with Gasteiger partial charge < -0.3 is 10.1 Å². The maximum Gasteiger partial charge on any atom is 0.412 e. The molecular formula is C17H21Cl2N3O3. The third kappa shape index (κ3) is 8.10. The summed E-state index contributed by atoms with van der Waals surface area (Å²) in [5.74, 6) is -0.436. The van der Waals surface area contributed by atoms with E-state index in [0.29, 0.717) is 22.2 Å². The lowest BCUT2D eigenvalue weighted by Gasteiger charge is -2.25. The highest BCUT2D eigenvalue weighted by molar-refractivity contribution is 6.42. The summed E-state index contributed by atoms with van der Waals surface area (Å²) in [4.78, 5) is 24.3. The Balaban J connectivity index is 2.74. The van der Waals surface area contributed by atoms with Crippen LogP contribution in [-0.4, -0.2) is 24.6 Å². The van der Waals surface area contributed by atoms with Crippen molar-refractivity contribution in [2.75, 3.05) is 11.9 Å². The summed E-state index contributed by atoms with van der Waals surface area (Å²) in [6.45, 7) is 6.00. The normalized spacial score (nSPS) is 12.0. The molecule has 1 atom stereocenters. The Labute approximate surface area is 157 Å². The van der Waals surface area contributed by atoms with Gasteiger partial charge in [0.25, 0.3) is 5.91 Å². The minimum absolute atomic E-state index is 0.184. The lowest BCUT2D eigenvalue weighted by atomic mass is 9.89. The third-order valence-electron chi connectivity index (χ3n) is 3.04. The van der Waals surface area contributed by atoms with Crippen LogP contribution in [0.3, 0.4) is 0 Å². The number of nitrogens with zero attached hydrogens (tertiary/aromatic N) is 1. The topological polar surface area (TPSA) is 91.2 Å². The van der Waals surface area contributed by atoms with E-state index in [1.807, 2.05) is 26.8 Å². The molecule has 0 fully saturated rings. The number of benzene rings is 1. The summed E-state index contributed by atoms with van der Waals surface area (Å²) in [6, 6.07) is 6.53. The number of halogens is 2.